The van der Waals surface area contributed by atoms with E-state index in [1.165, 1.54) is 23.1 Å². The maximum absolute atomic E-state index is 15.0. The first-order valence-electron chi connectivity index (χ1n) is 22.8. The molecule has 2 fully saturated rings. The lowest BCUT2D eigenvalue weighted by Gasteiger charge is -2.35. The number of likely N-dealkylation sites (N-methyl/N-ethyl adjacent to an activating group) is 1. The predicted molar refractivity (Wildman–Crippen MR) is 247 cm³/mol. The lowest BCUT2D eigenvalue weighted by molar-refractivity contribution is -0.144. The van der Waals surface area contributed by atoms with Crippen molar-refractivity contribution in [2.24, 2.45) is 5.92 Å². The summed E-state index contributed by atoms with van der Waals surface area (Å²) in [5, 5.41) is 14.6. The molecule has 2 saturated heterocycles. The van der Waals surface area contributed by atoms with E-state index in [1.807, 2.05) is 18.2 Å². The van der Waals surface area contributed by atoms with Gasteiger partial charge in [0.2, 0.25) is 23.6 Å². The second-order valence-electron chi connectivity index (χ2n) is 18.3. The minimum Gasteiger partial charge on any atom is -0.381 e. The highest BCUT2D eigenvalue weighted by molar-refractivity contribution is 6.07. The highest BCUT2D eigenvalue weighted by Crippen LogP contribution is 2.44. The lowest BCUT2D eigenvalue weighted by Crippen LogP contribution is -2.56. The van der Waals surface area contributed by atoms with Crippen LogP contribution in [-0.2, 0) is 47.1 Å². The van der Waals surface area contributed by atoms with Crippen molar-refractivity contribution in [3.8, 4) is 0 Å². The van der Waals surface area contributed by atoms with Gasteiger partial charge in [-0.1, -0.05) is 36.4 Å². The third kappa shape index (κ3) is 10.1. The number of para-hydroxylation sites is 1. The number of amides is 5. The number of benzene rings is 4. The molecule has 4 aliphatic heterocycles. The van der Waals surface area contributed by atoms with Gasteiger partial charge in [-0.3, -0.25) is 28.9 Å². The van der Waals surface area contributed by atoms with Crippen LogP contribution < -0.4 is 31.5 Å². The third-order valence-corrected chi connectivity index (χ3v) is 13.6. The fourth-order valence-corrected chi connectivity index (χ4v) is 9.65. The molecule has 5 N–H and O–H groups in total. The van der Waals surface area contributed by atoms with Crippen molar-refractivity contribution in [1.82, 2.24) is 25.8 Å². The number of nitrogens with zero attached hydrogens (tertiary/aromatic N) is 3. The molecule has 8 rings (SSSR count). The fourth-order valence-electron chi connectivity index (χ4n) is 9.65. The van der Waals surface area contributed by atoms with E-state index in [0.717, 1.165) is 29.8 Å². The molecule has 67 heavy (non-hydrogen) atoms. The standard InChI is InChI=1S/C50H57F3N8O6/c1-29-25-59(19-18-55-29)27-42(62)61-28-50(3,38-15-10-32(23-41(38)61)22-31-8-12-35(51)13-9-31)49(66)56-36-14-11-34-26-60(45(37(34)24-36)47(64)58-44-39(52)6-5-7-40(44)53)48(65)43(33-16-20-67-21-17-33)57-46(63)30(2)54-4/h5-15,23-24,29-30,33,43,45,54-55H,16-22,25-28H2,1-4H3,(H,56,66)(H,57,63)(H,58,64)/t29-,30+,43?,45+,50-/m1/s1. The molecule has 17 heteroatoms. The Morgan fingerprint density at radius 1 is 0.910 bits per heavy atom. The van der Waals surface area contributed by atoms with Crippen LogP contribution in [-0.4, -0.2) is 110 Å². The number of anilines is 3. The Hall–Kier alpha value is -6.14. The zero-order valence-electron chi connectivity index (χ0n) is 38.1. The molecule has 354 valence electrons. The molecule has 0 aliphatic carbocycles. The monoisotopic (exact) mass is 922 g/mol. The first-order chi connectivity index (χ1) is 32.1. The van der Waals surface area contributed by atoms with Crippen molar-refractivity contribution in [3.63, 3.8) is 0 Å². The quantitative estimate of drug-likeness (QED) is 0.127. The second-order valence-corrected chi connectivity index (χ2v) is 18.3. The van der Waals surface area contributed by atoms with Gasteiger partial charge in [-0.2, -0.15) is 0 Å². The number of hydrogen-bond donors (Lipinski definition) is 5. The van der Waals surface area contributed by atoms with E-state index >= 15 is 8.78 Å². The number of fused-ring (bicyclic) bond motifs is 2. The molecule has 5 atom stereocenters. The van der Waals surface area contributed by atoms with Gasteiger partial charge in [0.15, 0.2) is 0 Å². The van der Waals surface area contributed by atoms with Gasteiger partial charge in [0.25, 0.3) is 5.91 Å². The summed E-state index contributed by atoms with van der Waals surface area (Å²) in [6, 6.07) is 17.1. The van der Waals surface area contributed by atoms with E-state index in [-0.39, 0.29) is 49.0 Å². The first kappa shape index (κ1) is 47.4. The van der Waals surface area contributed by atoms with E-state index in [2.05, 4.69) is 38.4 Å². The molecule has 4 aromatic rings. The van der Waals surface area contributed by atoms with Crippen molar-refractivity contribution in [3.05, 3.63) is 124 Å². The summed E-state index contributed by atoms with van der Waals surface area (Å²) < 4.78 is 49.4. The fraction of sp³-hybridized carbons (Fsp3) is 0.420. The van der Waals surface area contributed by atoms with Crippen LogP contribution in [0.1, 0.15) is 67.5 Å². The van der Waals surface area contributed by atoms with E-state index in [1.54, 1.807) is 56.1 Å². The number of carbonyl (C=O) groups excluding carboxylic acids is 5. The Labute approximate surface area is 388 Å². The topological polar surface area (TPSA) is 164 Å². The smallest absolute Gasteiger partial charge is 0.252 e. The van der Waals surface area contributed by atoms with Crippen molar-refractivity contribution >= 4 is 46.6 Å². The summed E-state index contributed by atoms with van der Waals surface area (Å²) in [6.07, 6.45) is 1.40. The average Bonchev–Trinajstić information content (AvgIpc) is 3.85. The molecule has 14 nitrogen and oxygen atoms in total. The van der Waals surface area contributed by atoms with E-state index in [9.17, 15) is 28.4 Å². The highest BCUT2D eigenvalue weighted by Gasteiger charge is 2.48. The predicted octanol–water partition coefficient (Wildman–Crippen LogP) is 4.77. The summed E-state index contributed by atoms with van der Waals surface area (Å²) in [5.74, 6) is -5.19. The molecule has 4 heterocycles. The summed E-state index contributed by atoms with van der Waals surface area (Å²) in [5.41, 5.74) is 2.17. The molecule has 0 bridgehead atoms. The van der Waals surface area contributed by atoms with Crippen molar-refractivity contribution in [2.75, 3.05) is 68.5 Å². The van der Waals surface area contributed by atoms with Crippen LogP contribution in [0.3, 0.4) is 0 Å². The first-order valence-corrected chi connectivity index (χ1v) is 22.8. The largest absolute Gasteiger partial charge is 0.381 e. The normalized spacial score (nSPS) is 21.5. The van der Waals surface area contributed by atoms with E-state index in [0.29, 0.717) is 67.9 Å². The molecule has 0 aromatic heterocycles. The van der Waals surface area contributed by atoms with Gasteiger partial charge in [0.1, 0.15) is 35.2 Å². The maximum atomic E-state index is 15.0. The number of ether oxygens (including phenoxy) is 1. The molecule has 5 amide bonds. The molecule has 0 spiro atoms. The van der Waals surface area contributed by atoms with Crippen LogP contribution >= 0.6 is 0 Å². The zero-order chi connectivity index (χ0) is 47.6. The SMILES string of the molecule is CN[C@@H](C)C(=O)NC(C(=O)N1Cc2ccc(NC(=O)[C@]3(C)CN(C(=O)CN4CCN[C@H](C)C4)c4cc(Cc5ccc(F)cc5)ccc43)cc2[C@H]1C(=O)Nc1c(F)cccc1F)C1CCOCC1. The van der Waals surface area contributed by atoms with Crippen LogP contribution in [0.2, 0.25) is 0 Å². The van der Waals surface area contributed by atoms with Crippen LogP contribution in [0, 0.1) is 23.4 Å². The van der Waals surface area contributed by atoms with Crippen LogP contribution in [0.25, 0.3) is 0 Å². The van der Waals surface area contributed by atoms with Gasteiger partial charge in [0, 0.05) is 63.4 Å². The second kappa shape index (κ2) is 20.0. The molecule has 4 aliphatic rings. The summed E-state index contributed by atoms with van der Waals surface area (Å²) >= 11 is 0. The molecule has 4 aromatic carbocycles. The van der Waals surface area contributed by atoms with E-state index < -0.39 is 64.5 Å². The molecular formula is C50H57F3N8O6. The Morgan fingerprint density at radius 2 is 1.63 bits per heavy atom. The Morgan fingerprint density at radius 3 is 2.33 bits per heavy atom. The summed E-state index contributed by atoms with van der Waals surface area (Å²) in [6.45, 7) is 8.45. The lowest BCUT2D eigenvalue weighted by atomic mass is 9.82. The number of nitrogens with one attached hydrogen (secondary N) is 5. The van der Waals surface area contributed by atoms with Gasteiger partial charge < -0.3 is 41.1 Å². The van der Waals surface area contributed by atoms with Gasteiger partial charge in [0.05, 0.1) is 18.0 Å². The number of piperazine rings is 1. The Bertz CT molecular complexity index is 2520. The van der Waals surface area contributed by atoms with Crippen molar-refractivity contribution < 1.29 is 41.9 Å². The van der Waals surface area contributed by atoms with Gasteiger partial charge >= 0.3 is 0 Å². The van der Waals surface area contributed by atoms with Crippen molar-refractivity contribution in [2.45, 2.75) is 76.2 Å². The average molecular weight is 923 g/mol. The number of rotatable bonds is 13. The number of hydrogen-bond acceptors (Lipinski definition) is 9. The zero-order valence-corrected chi connectivity index (χ0v) is 38.1. The van der Waals surface area contributed by atoms with Crippen LogP contribution in [0.4, 0.5) is 30.2 Å². The molecule has 0 radical (unpaired) electrons. The minimum absolute atomic E-state index is 0.0343. The minimum atomic E-state index is -1.43. The summed E-state index contributed by atoms with van der Waals surface area (Å²) in [4.78, 5) is 76.6. The number of halogens is 3. The highest BCUT2D eigenvalue weighted by atomic mass is 19.1. The summed E-state index contributed by atoms with van der Waals surface area (Å²) in [7, 11) is 1.62. The van der Waals surface area contributed by atoms with Gasteiger partial charge in [-0.05, 0) is 123 Å². The number of carbonyl (C=O) groups is 5. The van der Waals surface area contributed by atoms with E-state index in [4.69, 9.17) is 4.74 Å². The van der Waals surface area contributed by atoms with Crippen molar-refractivity contribution in [1.29, 1.82) is 0 Å². The molecule has 1 unspecified atom stereocenters. The Balaban J connectivity index is 1.11. The Kier molecular flexibility index (Phi) is 14.1. The van der Waals surface area contributed by atoms with Crippen LogP contribution in [0.5, 0.6) is 0 Å². The van der Waals surface area contributed by atoms with Crippen LogP contribution in [0.15, 0.2) is 78.9 Å². The molecule has 0 saturated carbocycles. The van der Waals surface area contributed by atoms with Gasteiger partial charge in [-0.25, -0.2) is 13.2 Å². The maximum Gasteiger partial charge on any atom is 0.252 e. The van der Waals surface area contributed by atoms with Gasteiger partial charge in [-0.15, -0.1) is 0 Å². The third-order valence-electron chi connectivity index (χ3n) is 13.6. The molecular weight excluding hydrogens is 866 g/mol.